The number of H-pyrrole nitrogens is 1. The van der Waals surface area contributed by atoms with E-state index in [9.17, 15) is 29.1 Å². The van der Waals surface area contributed by atoms with Crippen LogP contribution in [0.15, 0.2) is 42.9 Å². The van der Waals surface area contributed by atoms with Gasteiger partial charge in [-0.15, -0.1) is 0 Å². The van der Waals surface area contributed by atoms with Crippen LogP contribution in [-0.4, -0.2) is 80.8 Å². The van der Waals surface area contributed by atoms with Crippen molar-refractivity contribution in [3.05, 3.63) is 54.1 Å². The molecule has 0 aliphatic rings. The molecule has 0 saturated heterocycles. The lowest BCUT2D eigenvalue weighted by Gasteiger charge is -2.24. The summed E-state index contributed by atoms with van der Waals surface area (Å²) in [6, 6.07) is 3.97. The van der Waals surface area contributed by atoms with E-state index in [1.165, 1.54) is 24.3 Å². The molecule has 9 N–H and O–H groups in total. The van der Waals surface area contributed by atoms with Crippen LogP contribution in [0.4, 0.5) is 0 Å². The van der Waals surface area contributed by atoms with Crippen molar-refractivity contribution in [3.63, 3.8) is 0 Å². The van der Waals surface area contributed by atoms with Crippen LogP contribution in [0.2, 0.25) is 0 Å². The molecule has 206 valence electrons. The van der Waals surface area contributed by atoms with Crippen LogP contribution in [0, 0.1) is 0 Å². The van der Waals surface area contributed by atoms with Gasteiger partial charge in [0.25, 0.3) is 0 Å². The first kappa shape index (κ1) is 30.3. The highest BCUT2D eigenvalue weighted by molar-refractivity contribution is 7.98. The first-order chi connectivity index (χ1) is 18.1. The smallest absolute Gasteiger partial charge is 0.326 e. The van der Waals surface area contributed by atoms with E-state index in [1.54, 1.807) is 30.3 Å². The lowest BCUT2D eigenvalue weighted by molar-refractivity contribution is -0.142. The zero-order valence-corrected chi connectivity index (χ0v) is 21.7. The van der Waals surface area contributed by atoms with Crippen molar-refractivity contribution in [1.29, 1.82) is 0 Å². The summed E-state index contributed by atoms with van der Waals surface area (Å²) in [4.78, 5) is 68.8. The summed E-state index contributed by atoms with van der Waals surface area (Å²) in [6.07, 6.45) is 4.52. The summed E-state index contributed by atoms with van der Waals surface area (Å²) in [5, 5.41) is 17.0. The largest absolute Gasteiger partial charge is 0.480 e. The maximum Gasteiger partial charge on any atom is 0.326 e. The van der Waals surface area contributed by atoms with E-state index in [1.807, 2.05) is 6.26 Å². The molecule has 0 spiro atoms. The van der Waals surface area contributed by atoms with Crippen LogP contribution >= 0.6 is 11.8 Å². The predicted octanol–water partition coefficient (Wildman–Crippen LogP) is -1.31. The minimum Gasteiger partial charge on any atom is -0.480 e. The fraction of sp³-hybridized carbons (Fsp3) is 0.417. The average molecular weight is 548 g/mol. The number of nitrogens with two attached hydrogens (primary N) is 2. The molecular weight excluding hydrogens is 514 g/mol. The van der Waals surface area contributed by atoms with Gasteiger partial charge in [0.05, 0.1) is 18.8 Å². The third kappa shape index (κ3) is 10.2. The number of carbonyl (C=O) groups is 5. The molecule has 1 heterocycles. The van der Waals surface area contributed by atoms with Crippen molar-refractivity contribution in [3.8, 4) is 0 Å². The molecule has 0 saturated carbocycles. The molecule has 4 atom stereocenters. The van der Waals surface area contributed by atoms with Gasteiger partial charge in [-0.25, -0.2) is 9.78 Å². The molecule has 38 heavy (non-hydrogen) atoms. The van der Waals surface area contributed by atoms with E-state index in [2.05, 4.69) is 25.9 Å². The van der Waals surface area contributed by atoms with Gasteiger partial charge in [-0.2, -0.15) is 11.8 Å². The van der Waals surface area contributed by atoms with Gasteiger partial charge in [0.15, 0.2) is 0 Å². The Bertz CT molecular complexity index is 1080. The molecule has 2 rings (SSSR count). The van der Waals surface area contributed by atoms with E-state index in [4.69, 9.17) is 11.5 Å². The minimum absolute atomic E-state index is 0.0414. The maximum atomic E-state index is 13.0. The van der Waals surface area contributed by atoms with Crippen molar-refractivity contribution in [1.82, 2.24) is 25.9 Å². The lowest BCUT2D eigenvalue weighted by Crippen LogP contribution is -2.58. The zero-order valence-electron chi connectivity index (χ0n) is 20.9. The minimum atomic E-state index is -1.39. The Morgan fingerprint density at radius 1 is 0.974 bits per heavy atom. The lowest BCUT2D eigenvalue weighted by atomic mass is 10.0. The Morgan fingerprint density at radius 3 is 2.18 bits per heavy atom. The summed E-state index contributed by atoms with van der Waals surface area (Å²) in [5.74, 6) is -3.87. The van der Waals surface area contributed by atoms with E-state index in [0.717, 1.165) is 0 Å². The number of carboxylic acid groups (broad SMARTS) is 1. The molecule has 14 heteroatoms. The topological polar surface area (TPSA) is 222 Å². The fourth-order valence-electron chi connectivity index (χ4n) is 3.51. The Kier molecular flexibility index (Phi) is 12.3. The van der Waals surface area contributed by atoms with Gasteiger partial charge in [-0.3, -0.25) is 19.2 Å². The van der Waals surface area contributed by atoms with Crippen molar-refractivity contribution in [2.45, 2.75) is 49.9 Å². The zero-order chi connectivity index (χ0) is 28.1. The molecule has 2 aromatic rings. The predicted molar refractivity (Wildman–Crippen MR) is 141 cm³/mol. The van der Waals surface area contributed by atoms with E-state index in [0.29, 0.717) is 17.0 Å². The number of carboxylic acids is 1. The SMILES string of the molecule is CSCCC(NC(=O)C(CC(N)=O)NC(=O)C(N)Cc1cnc[nH]1)C(=O)NC(Cc1ccccc1)C(=O)O. The quantitative estimate of drug-likeness (QED) is 0.132. The second-order valence-corrected chi connectivity index (χ2v) is 9.54. The number of imidazole rings is 1. The van der Waals surface area contributed by atoms with Crippen LogP contribution in [0.25, 0.3) is 0 Å². The molecular formula is C24H33N7O6S. The molecule has 1 aromatic heterocycles. The van der Waals surface area contributed by atoms with Gasteiger partial charge in [0.2, 0.25) is 23.6 Å². The third-order valence-corrected chi connectivity index (χ3v) is 6.15. The Balaban J connectivity index is 2.10. The van der Waals surface area contributed by atoms with Crippen molar-refractivity contribution in [2.75, 3.05) is 12.0 Å². The number of thioether (sulfide) groups is 1. The maximum absolute atomic E-state index is 13.0. The number of aromatic amines is 1. The van der Waals surface area contributed by atoms with E-state index in [-0.39, 0.29) is 19.3 Å². The molecule has 1 aromatic carbocycles. The number of carbonyl (C=O) groups excluding carboxylic acids is 4. The molecule has 4 unspecified atom stereocenters. The molecule has 0 aliphatic carbocycles. The van der Waals surface area contributed by atoms with Crippen LogP contribution in [0.3, 0.4) is 0 Å². The molecule has 0 fully saturated rings. The molecule has 0 aliphatic heterocycles. The Morgan fingerprint density at radius 2 is 1.61 bits per heavy atom. The van der Waals surface area contributed by atoms with Crippen LogP contribution in [-0.2, 0) is 36.8 Å². The summed E-state index contributed by atoms with van der Waals surface area (Å²) < 4.78 is 0. The number of primary amides is 1. The summed E-state index contributed by atoms with van der Waals surface area (Å²) in [7, 11) is 0. The highest BCUT2D eigenvalue weighted by Crippen LogP contribution is 2.07. The summed E-state index contributed by atoms with van der Waals surface area (Å²) in [6.45, 7) is 0. The monoisotopic (exact) mass is 547 g/mol. The van der Waals surface area contributed by atoms with E-state index >= 15 is 0 Å². The number of hydrogen-bond acceptors (Lipinski definition) is 8. The van der Waals surface area contributed by atoms with E-state index < -0.39 is 60.2 Å². The number of aromatic nitrogens is 2. The molecule has 0 radical (unpaired) electrons. The Hall–Kier alpha value is -3.91. The number of rotatable bonds is 16. The number of nitrogens with zero attached hydrogens (tertiary/aromatic N) is 1. The standard InChI is InChI=1S/C24H33N7O6S/c1-38-8-7-17(22(34)31-19(24(36)37)9-14-5-3-2-4-6-14)29-23(35)18(11-20(26)32)30-21(33)16(25)10-15-12-27-13-28-15/h2-6,12-13,16-19H,7-11,25H2,1H3,(H2,26,32)(H,27,28)(H,29,35)(H,30,33)(H,31,34)(H,36,37). The van der Waals surface area contributed by atoms with Crippen LogP contribution in [0.5, 0.6) is 0 Å². The molecule has 13 nitrogen and oxygen atoms in total. The molecule has 0 bridgehead atoms. The second kappa shape index (κ2) is 15.4. The third-order valence-electron chi connectivity index (χ3n) is 5.51. The van der Waals surface area contributed by atoms with Gasteiger partial charge in [-0.1, -0.05) is 30.3 Å². The number of nitrogens with one attached hydrogen (secondary N) is 4. The first-order valence-electron chi connectivity index (χ1n) is 11.8. The average Bonchev–Trinajstić information content (AvgIpc) is 3.38. The van der Waals surface area contributed by atoms with Gasteiger partial charge in [0, 0.05) is 24.7 Å². The number of hydrogen-bond donors (Lipinski definition) is 7. The first-order valence-corrected chi connectivity index (χ1v) is 13.2. The van der Waals surface area contributed by atoms with Crippen molar-refractivity contribution in [2.24, 2.45) is 11.5 Å². The van der Waals surface area contributed by atoms with Gasteiger partial charge in [0.1, 0.15) is 18.1 Å². The van der Waals surface area contributed by atoms with Gasteiger partial charge >= 0.3 is 5.97 Å². The number of aliphatic carboxylic acids is 1. The number of benzene rings is 1. The normalized spacial score (nSPS) is 13.9. The molecule has 4 amide bonds. The highest BCUT2D eigenvalue weighted by Gasteiger charge is 2.31. The highest BCUT2D eigenvalue weighted by atomic mass is 32.2. The van der Waals surface area contributed by atoms with Crippen molar-refractivity contribution >= 4 is 41.4 Å². The van der Waals surface area contributed by atoms with Crippen molar-refractivity contribution < 1.29 is 29.1 Å². The fourth-order valence-corrected chi connectivity index (χ4v) is 3.99. The second-order valence-electron chi connectivity index (χ2n) is 8.55. The number of amides is 4. The summed E-state index contributed by atoms with van der Waals surface area (Å²) >= 11 is 1.42. The van der Waals surface area contributed by atoms with Gasteiger partial charge in [-0.05, 0) is 24.0 Å². The van der Waals surface area contributed by atoms with Gasteiger partial charge < -0.3 is 37.5 Å². The Labute approximate surface area is 223 Å². The van der Waals surface area contributed by atoms with Crippen LogP contribution in [0.1, 0.15) is 24.1 Å². The summed E-state index contributed by atoms with van der Waals surface area (Å²) in [5.41, 5.74) is 12.5. The van der Waals surface area contributed by atoms with Crippen LogP contribution < -0.4 is 27.4 Å².